The molecule has 32 heavy (non-hydrogen) atoms. The lowest BCUT2D eigenvalue weighted by atomic mass is 10.0. The zero-order chi connectivity index (χ0) is 22.8. The number of phenolic OH excluding ortho intramolecular Hbond substituents is 1. The van der Waals surface area contributed by atoms with E-state index < -0.39 is 0 Å². The molecule has 1 amide bonds. The number of hydrogen-bond acceptors (Lipinski definition) is 3. The van der Waals surface area contributed by atoms with Gasteiger partial charge in [-0.3, -0.25) is 4.79 Å². The molecule has 168 valence electrons. The van der Waals surface area contributed by atoms with Crippen molar-refractivity contribution in [2.75, 3.05) is 13.1 Å². The van der Waals surface area contributed by atoms with Crippen LogP contribution in [0.3, 0.4) is 0 Å². The van der Waals surface area contributed by atoms with Crippen LogP contribution in [0.4, 0.5) is 0 Å². The topological polar surface area (TPSA) is 61.4 Å². The number of carbonyl (C=O) groups excluding carboxylic acids is 1. The molecule has 0 atom stereocenters. The summed E-state index contributed by atoms with van der Waals surface area (Å²) in [5.41, 5.74) is 6.31. The van der Waals surface area contributed by atoms with Gasteiger partial charge in [0.25, 0.3) is 5.91 Å². The number of hydrogen-bond donors (Lipinski definition) is 3. The molecule has 0 fully saturated rings. The highest BCUT2D eigenvalue weighted by Crippen LogP contribution is 2.21. The third-order valence-electron chi connectivity index (χ3n) is 5.82. The van der Waals surface area contributed by atoms with E-state index in [9.17, 15) is 9.90 Å². The van der Waals surface area contributed by atoms with Gasteiger partial charge < -0.3 is 15.7 Å². The fourth-order valence-corrected chi connectivity index (χ4v) is 3.87. The minimum atomic E-state index is -0.00730. The Bertz CT molecular complexity index is 1020. The Morgan fingerprint density at radius 2 is 1.56 bits per heavy atom. The highest BCUT2D eigenvalue weighted by atomic mass is 16.3. The van der Waals surface area contributed by atoms with Gasteiger partial charge in [-0.2, -0.15) is 0 Å². The number of rotatable bonds is 11. The summed E-state index contributed by atoms with van der Waals surface area (Å²) in [5.74, 6) is 0.339. The molecule has 0 saturated heterocycles. The normalized spacial score (nSPS) is 10.8. The van der Waals surface area contributed by atoms with Crippen LogP contribution in [0.2, 0.25) is 0 Å². The van der Waals surface area contributed by atoms with E-state index in [1.165, 1.54) is 11.1 Å². The number of nitrogens with one attached hydrogen (secondary N) is 2. The lowest BCUT2D eigenvalue weighted by Crippen LogP contribution is -2.27. The standard InChI is InChI=1S/C28H34N2O2/c1-21-19-27(31)22(2)18-24(21)15-17-29-20-25-13-6-7-14-26(25)28(32)30-16-9-8-12-23-10-4-3-5-11-23/h3-7,10-11,13-14,18-19,29,31H,8-9,12,15-17,20H2,1-2H3,(H,30,32). The molecule has 0 aliphatic carbocycles. The maximum atomic E-state index is 12.7. The summed E-state index contributed by atoms with van der Waals surface area (Å²) in [6, 6.07) is 22.1. The van der Waals surface area contributed by atoms with Crippen LogP contribution < -0.4 is 10.6 Å². The fraction of sp³-hybridized carbons (Fsp3) is 0.321. The summed E-state index contributed by atoms with van der Waals surface area (Å²) in [6.45, 7) is 6.08. The average molecular weight is 431 g/mol. The number of benzene rings is 3. The third-order valence-corrected chi connectivity index (χ3v) is 5.82. The molecule has 0 saturated carbocycles. The van der Waals surface area contributed by atoms with Crippen LogP contribution in [0.25, 0.3) is 0 Å². The Morgan fingerprint density at radius 1 is 0.812 bits per heavy atom. The Kier molecular flexibility index (Phi) is 8.88. The van der Waals surface area contributed by atoms with E-state index in [2.05, 4.69) is 34.9 Å². The first-order valence-electron chi connectivity index (χ1n) is 11.4. The van der Waals surface area contributed by atoms with Crippen LogP contribution in [-0.4, -0.2) is 24.1 Å². The van der Waals surface area contributed by atoms with Crippen molar-refractivity contribution >= 4 is 5.91 Å². The van der Waals surface area contributed by atoms with Crippen LogP contribution in [0.1, 0.15) is 51.0 Å². The third kappa shape index (κ3) is 6.96. The number of amides is 1. The van der Waals surface area contributed by atoms with Gasteiger partial charge >= 0.3 is 0 Å². The Morgan fingerprint density at radius 3 is 2.38 bits per heavy atom. The van der Waals surface area contributed by atoms with Crippen LogP contribution in [0.15, 0.2) is 66.7 Å². The van der Waals surface area contributed by atoms with Crippen LogP contribution in [0, 0.1) is 13.8 Å². The van der Waals surface area contributed by atoms with Crippen molar-refractivity contribution in [3.63, 3.8) is 0 Å². The molecule has 3 N–H and O–H groups in total. The van der Waals surface area contributed by atoms with Crippen molar-refractivity contribution in [1.82, 2.24) is 10.6 Å². The minimum Gasteiger partial charge on any atom is -0.508 e. The second-order valence-corrected chi connectivity index (χ2v) is 8.35. The van der Waals surface area contributed by atoms with E-state index in [0.717, 1.165) is 54.5 Å². The quantitative estimate of drug-likeness (QED) is 0.371. The zero-order valence-electron chi connectivity index (χ0n) is 19.2. The van der Waals surface area contributed by atoms with Crippen molar-refractivity contribution in [3.05, 3.63) is 100 Å². The van der Waals surface area contributed by atoms with E-state index in [1.54, 1.807) is 0 Å². The molecule has 4 nitrogen and oxygen atoms in total. The average Bonchev–Trinajstić information content (AvgIpc) is 2.80. The first-order valence-corrected chi connectivity index (χ1v) is 11.4. The molecule has 0 spiro atoms. The molecule has 0 heterocycles. The van der Waals surface area contributed by atoms with Crippen molar-refractivity contribution in [1.29, 1.82) is 0 Å². The Labute approximate surface area is 191 Å². The number of aryl methyl sites for hydroxylation is 3. The maximum Gasteiger partial charge on any atom is 0.251 e. The predicted octanol–water partition coefficient (Wildman–Crippen LogP) is 5.09. The monoisotopic (exact) mass is 430 g/mol. The molecular weight excluding hydrogens is 396 g/mol. The summed E-state index contributed by atoms with van der Waals surface area (Å²) in [6.07, 6.45) is 3.94. The van der Waals surface area contributed by atoms with Gasteiger partial charge in [-0.05, 0) is 86.0 Å². The summed E-state index contributed by atoms with van der Waals surface area (Å²) >= 11 is 0. The van der Waals surface area contributed by atoms with E-state index in [4.69, 9.17) is 0 Å². The van der Waals surface area contributed by atoms with Crippen molar-refractivity contribution < 1.29 is 9.90 Å². The van der Waals surface area contributed by atoms with E-state index in [0.29, 0.717) is 18.8 Å². The Balaban J connectivity index is 1.43. The number of carbonyl (C=O) groups is 1. The maximum absolute atomic E-state index is 12.7. The van der Waals surface area contributed by atoms with Crippen molar-refractivity contribution in [2.45, 2.75) is 46.1 Å². The first-order chi connectivity index (χ1) is 15.5. The SMILES string of the molecule is Cc1cc(CCNCc2ccccc2C(=O)NCCCCc2ccccc2)c(C)cc1O. The molecule has 0 unspecified atom stereocenters. The smallest absolute Gasteiger partial charge is 0.251 e. The second kappa shape index (κ2) is 12.1. The van der Waals surface area contributed by atoms with E-state index in [1.807, 2.05) is 56.3 Å². The van der Waals surface area contributed by atoms with Gasteiger partial charge in [-0.15, -0.1) is 0 Å². The number of phenols is 1. The molecule has 0 aromatic heterocycles. The molecule has 3 aromatic rings. The molecular formula is C28H34N2O2. The molecule has 0 bridgehead atoms. The summed E-state index contributed by atoms with van der Waals surface area (Å²) < 4.78 is 0. The van der Waals surface area contributed by atoms with Gasteiger partial charge in [-0.25, -0.2) is 0 Å². The lowest BCUT2D eigenvalue weighted by molar-refractivity contribution is 0.0952. The van der Waals surface area contributed by atoms with Gasteiger partial charge in [0.05, 0.1) is 0 Å². The number of unbranched alkanes of at least 4 members (excludes halogenated alkanes) is 1. The van der Waals surface area contributed by atoms with Crippen LogP contribution in [-0.2, 0) is 19.4 Å². The lowest BCUT2D eigenvalue weighted by Gasteiger charge is -2.12. The van der Waals surface area contributed by atoms with Crippen LogP contribution in [0.5, 0.6) is 5.75 Å². The largest absolute Gasteiger partial charge is 0.508 e. The molecule has 3 rings (SSSR count). The van der Waals surface area contributed by atoms with Crippen LogP contribution >= 0.6 is 0 Å². The first kappa shape index (κ1) is 23.6. The highest BCUT2D eigenvalue weighted by molar-refractivity contribution is 5.95. The summed E-state index contributed by atoms with van der Waals surface area (Å²) in [5, 5.41) is 16.3. The minimum absolute atomic E-state index is 0.00730. The summed E-state index contributed by atoms with van der Waals surface area (Å²) in [7, 11) is 0. The van der Waals surface area contributed by atoms with Gasteiger partial charge in [0.15, 0.2) is 0 Å². The Hall–Kier alpha value is -3.11. The summed E-state index contributed by atoms with van der Waals surface area (Å²) in [4.78, 5) is 12.7. The van der Waals surface area contributed by atoms with Gasteiger partial charge in [0, 0.05) is 18.7 Å². The van der Waals surface area contributed by atoms with E-state index in [-0.39, 0.29) is 5.91 Å². The van der Waals surface area contributed by atoms with E-state index >= 15 is 0 Å². The number of aromatic hydroxyl groups is 1. The molecule has 0 aliphatic heterocycles. The zero-order valence-corrected chi connectivity index (χ0v) is 19.2. The van der Waals surface area contributed by atoms with Crippen molar-refractivity contribution in [3.8, 4) is 5.75 Å². The molecule has 3 aromatic carbocycles. The molecule has 0 radical (unpaired) electrons. The van der Waals surface area contributed by atoms with Gasteiger partial charge in [0.1, 0.15) is 5.75 Å². The second-order valence-electron chi connectivity index (χ2n) is 8.35. The fourth-order valence-electron chi connectivity index (χ4n) is 3.87. The molecule has 4 heteroatoms. The van der Waals surface area contributed by atoms with Crippen molar-refractivity contribution in [2.24, 2.45) is 0 Å². The highest BCUT2D eigenvalue weighted by Gasteiger charge is 2.10. The van der Waals surface area contributed by atoms with Gasteiger partial charge in [-0.1, -0.05) is 54.6 Å². The molecule has 0 aliphatic rings. The predicted molar refractivity (Wildman–Crippen MR) is 131 cm³/mol. The van der Waals surface area contributed by atoms with Gasteiger partial charge in [0.2, 0.25) is 0 Å².